The molecular weight excluding hydrogens is 295 g/mol. The third-order valence-corrected chi connectivity index (χ3v) is 4.55. The zero-order valence-electron chi connectivity index (χ0n) is 11.9. The molecule has 2 aliphatic rings. The monoisotopic (exact) mass is 318 g/mol. The topological polar surface area (TPSA) is 34.1 Å². The molecule has 0 aromatic carbocycles. The quantitative estimate of drug-likeness (QED) is 0.926. The number of fused-ring (bicyclic) bond motifs is 1. The molecule has 1 aromatic rings. The summed E-state index contributed by atoms with van der Waals surface area (Å²) in [7, 11) is 0. The van der Waals surface area contributed by atoms with Gasteiger partial charge in [0.15, 0.2) is 0 Å². The molecule has 0 radical (unpaired) electrons. The molecule has 1 aliphatic carbocycles. The zero-order chi connectivity index (χ0) is 12.4. The number of aryl methyl sites for hydroxylation is 1. The maximum absolute atomic E-state index is 5.98. The molecule has 114 valence electrons. The smallest absolute Gasteiger partial charge is 0.0732 e. The molecule has 0 spiro atoms. The van der Waals surface area contributed by atoms with E-state index < -0.39 is 0 Å². The van der Waals surface area contributed by atoms with Gasteiger partial charge in [0.05, 0.1) is 13.2 Å². The Morgan fingerprint density at radius 3 is 3.05 bits per heavy atom. The summed E-state index contributed by atoms with van der Waals surface area (Å²) in [5, 5.41) is 3.53. The van der Waals surface area contributed by atoms with Crippen molar-refractivity contribution in [1.29, 1.82) is 0 Å². The van der Waals surface area contributed by atoms with Crippen LogP contribution < -0.4 is 5.32 Å². The summed E-state index contributed by atoms with van der Waals surface area (Å²) >= 11 is 0. The van der Waals surface area contributed by atoms with Crippen molar-refractivity contribution in [3.05, 3.63) is 29.6 Å². The predicted octanol–water partition coefficient (Wildman–Crippen LogP) is 3.14. The van der Waals surface area contributed by atoms with Crippen LogP contribution in [0.1, 0.15) is 30.4 Å². The molecule has 3 rings (SSSR count). The molecule has 1 aromatic heterocycles. The van der Waals surface area contributed by atoms with Crippen LogP contribution in [0.5, 0.6) is 0 Å². The van der Waals surface area contributed by atoms with Crippen LogP contribution in [0.25, 0.3) is 0 Å². The molecule has 0 unspecified atom stereocenters. The number of ether oxygens (including phenoxy) is 1. The van der Waals surface area contributed by atoms with Gasteiger partial charge in [0, 0.05) is 24.4 Å². The number of halogens is 2. The average Bonchev–Trinajstić information content (AvgIpc) is 2.88. The van der Waals surface area contributed by atoms with Crippen molar-refractivity contribution in [3.63, 3.8) is 0 Å². The number of nitrogens with zero attached hydrogens (tertiary/aromatic N) is 1. The van der Waals surface area contributed by atoms with Gasteiger partial charge in [0.25, 0.3) is 0 Å². The van der Waals surface area contributed by atoms with Crippen molar-refractivity contribution in [2.45, 2.75) is 32.8 Å². The first-order valence-electron chi connectivity index (χ1n) is 6.97. The Bertz CT molecular complexity index is 418. The number of hydrogen-bond donors (Lipinski definition) is 1. The number of hydrogen-bond acceptors (Lipinski definition) is 3. The van der Waals surface area contributed by atoms with Gasteiger partial charge in [-0.05, 0) is 43.4 Å². The summed E-state index contributed by atoms with van der Waals surface area (Å²) in [6.07, 6.45) is 7.88. The van der Waals surface area contributed by atoms with E-state index in [-0.39, 0.29) is 24.8 Å². The zero-order valence-corrected chi connectivity index (χ0v) is 13.6. The fourth-order valence-electron chi connectivity index (χ4n) is 3.57. The molecule has 2 heterocycles. The van der Waals surface area contributed by atoms with Crippen LogP contribution in [0, 0.1) is 18.3 Å². The van der Waals surface area contributed by atoms with Crippen molar-refractivity contribution >= 4 is 24.8 Å². The maximum atomic E-state index is 5.98. The molecule has 3 nitrogen and oxygen atoms in total. The molecule has 1 saturated carbocycles. The molecule has 20 heavy (non-hydrogen) atoms. The molecule has 1 saturated heterocycles. The highest BCUT2D eigenvalue weighted by molar-refractivity contribution is 5.85. The van der Waals surface area contributed by atoms with E-state index in [9.17, 15) is 0 Å². The van der Waals surface area contributed by atoms with Gasteiger partial charge >= 0.3 is 0 Å². The van der Waals surface area contributed by atoms with Gasteiger partial charge in [-0.25, -0.2) is 0 Å². The SMILES string of the molecule is Cc1cncc(COC[C@@]23CCC[C@@H]2CNC3)c1.Cl.Cl. The van der Waals surface area contributed by atoms with E-state index in [1.54, 1.807) is 0 Å². The summed E-state index contributed by atoms with van der Waals surface area (Å²) in [5.74, 6) is 0.841. The summed E-state index contributed by atoms with van der Waals surface area (Å²) in [6.45, 7) is 6.00. The molecule has 2 fully saturated rings. The van der Waals surface area contributed by atoms with Gasteiger partial charge in [-0.3, -0.25) is 4.98 Å². The molecule has 5 heteroatoms. The number of nitrogens with one attached hydrogen (secondary N) is 1. The highest BCUT2D eigenvalue weighted by atomic mass is 35.5. The lowest BCUT2D eigenvalue weighted by molar-refractivity contribution is 0.0308. The fraction of sp³-hybridized carbons (Fsp3) is 0.667. The second-order valence-electron chi connectivity index (χ2n) is 5.95. The lowest BCUT2D eigenvalue weighted by atomic mass is 9.82. The van der Waals surface area contributed by atoms with Crippen molar-refractivity contribution in [2.75, 3.05) is 19.7 Å². The maximum Gasteiger partial charge on any atom is 0.0732 e. The summed E-state index contributed by atoms with van der Waals surface area (Å²) in [5.41, 5.74) is 2.82. The molecule has 0 bridgehead atoms. The fourth-order valence-corrected chi connectivity index (χ4v) is 3.57. The summed E-state index contributed by atoms with van der Waals surface area (Å²) in [6, 6.07) is 2.16. The van der Waals surface area contributed by atoms with Crippen molar-refractivity contribution in [3.8, 4) is 0 Å². The Kier molecular flexibility index (Phi) is 6.73. The van der Waals surface area contributed by atoms with Crippen LogP contribution in [0.15, 0.2) is 18.5 Å². The highest BCUT2D eigenvalue weighted by Gasteiger charge is 2.46. The van der Waals surface area contributed by atoms with Gasteiger partial charge in [0.2, 0.25) is 0 Å². The van der Waals surface area contributed by atoms with Crippen LogP contribution in [0.3, 0.4) is 0 Å². The molecule has 1 aliphatic heterocycles. The van der Waals surface area contributed by atoms with E-state index in [0.717, 1.165) is 19.1 Å². The van der Waals surface area contributed by atoms with Crippen LogP contribution in [-0.4, -0.2) is 24.7 Å². The predicted molar refractivity (Wildman–Crippen MR) is 85.8 cm³/mol. The Hall–Kier alpha value is -0.350. The van der Waals surface area contributed by atoms with Crippen LogP contribution in [0.4, 0.5) is 0 Å². The highest BCUT2D eigenvalue weighted by Crippen LogP contribution is 2.45. The lowest BCUT2D eigenvalue weighted by Gasteiger charge is -2.28. The van der Waals surface area contributed by atoms with Crippen LogP contribution in [-0.2, 0) is 11.3 Å². The Morgan fingerprint density at radius 2 is 2.25 bits per heavy atom. The first-order valence-corrected chi connectivity index (χ1v) is 6.97. The lowest BCUT2D eigenvalue weighted by Crippen LogP contribution is -2.31. The molecular formula is C15H24Cl2N2O. The third-order valence-electron chi connectivity index (χ3n) is 4.55. The van der Waals surface area contributed by atoms with Crippen molar-refractivity contribution < 1.29 is 4.74 Å². The minimum absolute atomic E-state index is 0. The van der Waals surface area contributed by atoms with Gasteiger partial charge in [-0.15, -0.1) is 24.8 Å². The van der Waals surface area contributed by atoms with E-state index in [1.165, 1.54) is 36.9 Å². The molecule has 0 amide bonds. The first kappa shape index (κ1) is 17.7. The number of aromatic nitrogens is 1. The van der Waals surface area contributed by atoms with Crippen molar-refractivity contribution in [1.82, 2.24) is 10.3 Å². The molecule has 2 atom stereocenters. The third kappa shape index (κ3) is 3.64. The van der Waals surface area contributed by atoms with Gasteiger partial charge in [0.1, 0.15) is 0 Å². The second kappa shape index (κ2) is 7.60. The van der Waals surface area contributed by atoms with E-state index in [0.29, 0.717) is 12.0 Å². The van der Waals surface area contributed by atoms with E-state index in [1.807, 2.05) is 12.4 Å². The van der Waals surface area contributed by atoms with Gasteiger partial charge in [-0.2, -0.15) is 0 Å². The Morgan fingerprint density at radius 1 is 1.40 bits per heavy atom. The average molecular weight is 319 g/mol. The Balaban J connectivity index is 0.000001000. The minimum Gasteiger partial charge on any atom is -0.376 e. The second-order valence-corrected chi connectivity index (χ2v) is 5.95. The largest absolute Gasteiger partial charge is 0.376 e. The number of pyridine rings is 1. The normalized spacial score (nSPS) is 27.6. The van der Waals surface area contributed by atoms with Crippen molar-refractivity contribution in [2.24, 2.45) is 11.3 Å². The van der Waals surface area contributed by atoms with E-state index in [2.05, 4.69) is 23.3 Å². The van der Waals surface area contributed by atoms with E-state index in [4.69, 9.17) is 4.74 Å². The van der Waals surface area contributed by atoms with Gasteiger partial charge < -0.3 is 10.1 Å². The van der Waals surface area contributed by atoms with E-state index >= 15 is 0 Å². The first-order chi connectivity index (χ1) is 8.78. The standard InChI is InChI=1S/C15H22N2O.2ClH/c1-12-5-13(7-16-6-12)9-18-11-15-4-2-3-14(15)8-17-10-15;;/h5-7,14,17H,2-4,8-11H2,1H3;2*1H/t14-,15+;;/m1../s1. The number of rotatable bonds is 4. The Labute approximate surface area is 133 Å². The van der Waals surface area contributed by atoms with Gasteiger partial charge in [-0.1, -0.05) is 12.5 Å². The minimum atomic E-state index is 0. The van der Waals surface area contributed by atoms with Crippen LogP contribution in [0.2, 0.25) is 0 Å². The molecule has 1 N–H and O–H groups in total. The summed E-state index contributed by atoms with van der Waals surface area (Å²) < 4.78 is 5.98. The van der Waals surface area contributed by atoms with Crippen LogP contribution >= 0.6 is 24.8 Å². The summed E-state index contributed by atoms with van der Waals surface area (Å²) in [4.78, 5) is 4.21.